The number of carbonyl (C=O) groups is 1. The highest BCUT2D eigenvalue weighted by atomic mass is 16.5. The normalized spacial score (nSPS) is 10.5. The van der Waals surface area contributed by atoms with Crippen LogP contribution >= 0.6 is 0 Å². The van der Waals surface area contributed by atoms with Crippen molar-refractivity contribution in [1.82, 2.24) is 20.1 Å². The molecule has 1 N–H and O–H groups in total. The van der Waals surface area contributed by atoms with Crippen molar-refractivity contribution in [2.24, 2.45) is 0 Å². The Hall–Kier alpha value is -3.93. The quantitative estimate of drug-likeness (QED) is 0.522. The van der Waals surface area contributed by atoms with Crippen LogP contribution < -0.4 is 10.1 Å². The number of benzene rings is 3. The predicted molar refractivity (Wildman–Crippen MR) is 110 cm³/mol. The summed E-state index contributed by atoms with van der Waals surface area (Å²) >= 11 is 0. The van der Waals surface area contributed by atoms with Gasteiger partial charge in [0.05, 0.1) is 6.54 Å². The predicted octanol–water partition coefficient (Wildman–Crippen LogP) is 4.05. The number of rotatable bonds is 7. The number of aromatic nitrogens is 3. The van der Waals surface area contributed by atoms with Crippen LogP contribution in [0.2, 0.25) is 0 Å². The van der Waals surface area contributed by atoms with Gasteiger partial charge in [0, 0.05) is 12.1 Å². The summed E-state index contributed by atoms with van der Waals surface area (Å²) in [6.07, 6.45) is 3.18. The molecular weight excluding hydrogens is 364 g/mol. The molecule has 144 valence electrons. The Labute approximate surface area is 168 Å². The largest absolute Gasteiger partial charge is 0.457 e. The lowest BCUT2D eigenvalue weighted by Gasteiger charge is -2.11. The molecule has 1 aromatic heterocycles. The first-order valence-corrected chi connectivity index (χ1v) is 9.28. The van der Waals surface area contributed by atoms with E-state index in [1.807, 2.05) is 66.7 Å². The maximum absolute atomic E-state index is 12.7. The second-order valence-corrected chi connectivity index (χ2v) is 6.49. The molecule has 3 aromatic carbocycles. The number of nitrogens with zero attached hydrogens (tertiary/aromatic N) is 3. The van der Waals surface area contributed by atoms with Gasteiger partial charge in [-0.3, -0.25) is 4.79 Å². The molecule has 6 heteroatoms. The van der Waals surface area contributed by atoms with Gasteiger partial charge in [-0.25, -0.2) is 9.67 Å². The summed E-state index contributed by atoms with van der Waals surface area (Å²) in [4.78, 5) is 16.6. The summed E-state index contributed by atoms with van der Waals surface area (Å²) in [7, 11) is 0. The zero-order valence-corrected chi connectivity index (χ0v) is 15.7. The Kier molecular flexibility index (Phi) is 5.62. The van der Waals surface area contributed by atoms with Gasteiger partial charge in [-0.1, -0.05) is 48.5 Å². The SMILES string of the molecule is O=C(NCc1ccccc1Cn1cncn1)c1cccc(Oc2ccccc2)c1. The van der Waals surface area contributed by atoms with Gasteiger partial charge in [0.15, 0.2) is 0 Å². The fraction of sp³-hybridized carbons (Fsp3) is 0.0870. The van der Waals surface area contributed by atoms with Crippen molar-refractivity contribution in [2.75, 3.05) is 0 Å². The van der Waals surface area contributed by atoms with Gasteiger partial charge in [-0.15, -0.1) is 0 Å². The number of hydrogen-bond donors (Lipinski definition) is 1. The summed E-state index contributed by atoms with van der Waals surface area (Å²) in [5, 5.41) is 7.13. The maximum Gasteiger partial charge on any atom is 0.251 e. The van der Waals surface area contributed by atoms with Crippen LogP contribution in [0.15, 0.2) is 91.5 Å². The van der Waals surface area contributed by atoms with E-state index < -0.39 is 0 Å². The second kappa shape index (κ2) is 8.84. The summed E-state index contributed by atoms with van der Waals surface area (Å²) in [5.74, 6) is 1.20. The fourth-order valence-electron chi connectivity index (χ4n) is 2.98. The number of nitrogens with one attached hydrogen (secondary N) is 1. The van der Waals surface area contributed by atoms with Gasteiger partial charge in [0.1, 0.15) is 24.2 Å². The molecular formula is C23H20N4O2. The molecule has 1 heterocycles. The van der Waals surface area contributed by atoms with E-state index in [1.54, 1.807) is 23.1 Å². The first kappa shape index (κ1) is 18.4. The minimum Gasteiger partial charge on any atom is -0.457 e. The molecule has 4 rings (SSSR count). The van der Waals surface area contributed by atoms with Gasteiger partial charge >= 0.3 is 0 Å². The van der Waals surface area contributed by atoms with Crippen LogP contribution in [-0.2, 0) is 13.1 Å². The summed E-state index contributed by atoms with van der Waals surface area (Å²) in [5.41, 5.74) is 2.67. The summed E-state index contributed by atoms with van der Waals surface area (Å²) in [6.45, 7) is 1.03. The highest BCUT2D eigenvalue weighted by Crippen LogP contribution is 2.22. The van der Waals surface area contributed by atoms with E-state index in [4.69, 9.17) is 4.74 Å². The number of amides is 1. The van der Waals surface area contributed by atoms with E-state index in [2.05, 4.69) is 15.4 Å². The zero-order chi connectivity index (χ0) is 19.9. The fourth-order valence-corrected chi connectivity index (χ4v) is 2.98. The average molecular weight is 384 g/mol. The Bertz CT molecular complexity index is 1080. The van der Waals surface area contributed by atoms with Crippen molar-refractivity contribution in [2.45, 2.75) is 13.1 Å². The molecule has 0 spiro atoms. The van der Waals surface area contributed by atoms with Gasteiger partial charge in [0.2, 0.25) is 0 Å². The Morgan fingerprint density at radius 3 is 2.45 bits per heavy atom. The van der Waals surface area contributed by atoms with Crippen LogP contribution in [0.25, 0.3) is 0 Å². The Balaban J connectivity index is 1.42. The number of para-hydroxylation sites is 1. The Morgan fingerprint density at radius 1 is 0.897 bits per heavy atom. The lowest BCUT2D eigenvalue weighted by atomic mass is 10.1. The van der Waals surface area contributed by atoms with E-state index in [0.29, 0.717) is 24.4 Å². The van der Waals surface area contributed by atoms with E-state index in [-0.39, 0.29) is 5.91 Å². The third-order valence-corrected chi connectivity index (χ3v) is 4.43. The molecule has 0 bridgehead atoms. The standard InChI is InChI=1S/C23H20N4O2/c28-23(18-9-6-12-22(13-18)29-21-10-2-1-3-11-21)25-14-19-7-4-5-8-20(19)15-27-17-24-16-26-27/h1-13,16-17H,14-15H2,(H,25,28). The van der Waals surface area contributed by atoms with Crippen molar-refractivity contribution in [1.29, 1.82) is 0 Å². The highest BCUT2D eigenvalue weighted by Gasteiger charge is 2.09. The molecule has 6 nitrogen and oxygen atoms in total. The molecule has 0 aliphatic rings. The summed E-state index contributed by atoms with van der Waals surface area (Å²) < 4.78 is 7.57. The van der Waals surface area contributed by atoms with Crippen LogP contribution in [0, 0.1) is 0 Å². The van der Waals surface area contributed by atoms with Crippen LogP contribution in [0.4, 0.5) is 0 Å². The first-order valence-electron chi connectivity index (χ1n) is 9.28. The number of carbonyl (C=O) groups excluding carboxylic acids is 1. The monoisotopic (exact) mass is 384 g/mol. The first-order chi connectivity index (χ1) is 14.3. The topological polar surface area (TPSA) is 69.0 Å². The van der Waals surface area contributed by atoms with Crippen molar-refractivity contribution in [3.05, 3.63) is 108 Å². The van der Waals surface area contributed by atoms with Crippen molar-refractivity contribution < 1.29 is 9.53 Å². The Morgan fingerprint density at radius 2 is 1.66 bits per heavy atom. The van der Waals surface area contributed by atoms with Gasteiger partial charge < -0.3 is 10.1 Å². The summed E-state index contributed by atoms with van der Waals surface area (Å²) in [6, 6.07) is 24.6. The minimum atomic E-state index is -0.154. The van der Waals surface area contributed by atoms with E-state index >= 15 is 0 Å². The molecule has 0 fully saturated rings. The molecule has 0 unspecified atom stereocenters. The molecule has 0 saturated carbocycles. The lowest BCUT2D eigenvalue weighted by molar-refractivity contribution is 0.0950. The molecule has 1 amide bonds. The molecule has 0 aliphatic carbocycles. The number of ether oxygens (including phenoxy) is 1. The molecule has 0 aliphatic heterocycles. The highest BCUT2D eigenvalue weighted by molar-refractivity contribution is 5.94. The molecule has 29 heavy (non-hydrogen) atoms. The number of hydrogen-bond acceptors (Lipinski definition) is 4. The van der Waals surface area contributed by atoms with Crippen LogP contribution in [0.5, 0.6) is 11.5 Å². The molecule has 0 saturated heterocycles. The smallest absolute Gasteiger partial charge is 0.251 e. The minimum absolute atomic E-state index is 0.154. The van der Waals surface area contributed by atoms with Crippen LogP contribution in [0.3, 0.4) is 0 Å². The van der Waals surface area contributed by atoms with Gasteiger partial charge in [-0.2, -0.15) is 5.10 Å². The van der Waals surface area contributed by atoms with Crippen LogP contribution in [-0.4, -0.2) is 20.7 Å². The molecule has 4 aromatic rings. The maximum atomic E-state index is 12.7. The lowest BCUT2D eigenvalue weighted by Crippen LogP contribution is -2.23. The van der Waals surface area contributed by atoms with Gasteiger partial charge in [0.25, 0.3) is 5.91 Å². The zero-order valence-electron chi connectivity index (χ0n) is 15.7. The second-order valence-electron chi connectivity index (χ2n) is 6.49. The third-order valence-electron chi connectivity index (χ3n) is 4.43. The van der Waals surface area contributed by atoms with E-state index in [1.165, 1.54) is 6.33 Å². The third kappa shape index (κ3) is 4.87. The van der Waals surface area contributed by atoms with Gasteiger partial charge in [-0.05, 0) is 41.5 Å². The van der Waals surface area contributed by atoms with E-state index in [9.17, 15) is 4.79 Å². The average Bonchev–Trinajstić information content (AvgIpc) is 3.27. The van der Waals surface area contributed by atoms with Crippen molar-refractivity contribution in [3.8, 4) is 11.5 Å². The molecule has 0 radical (unpaired) electrons. The van der Waals surface area contributed by atoms with Crippen molar-refractivity contribution in [3.63, 3.8) is 0 Å². The van der Waals surface area contributed by atoms with Crippen LogP contribution in [0.1, 0.15) is 21.5 Å². The van der Waals surface area contributed by atoms with E-state index in [0.717, 1.165) is 16.9 Å². The molecule has 0 atom stereocenters. The van der Waals surface area contributed by atoms with Crippen molar-refractivity contribution >= 4 is 5.91 Å².